The molecule has 1 aromatic rings. The van der Waals surface area contributed by atoms with Crippen molar-refractivity contribution in [1.82, 2.24) is 0 Å². The summed E-state index contributed by atoms with van der Waals surface area (Å²) in [6.45, 7) is 5.77. The molecule has 6 heteroatoms. The highest BCUT2D eigenvalue weighted by atomic mass is 79.9. The predicted octanol–water partition coefficient (Wildman–Crippen LogP) is 4.06. The van der Waals surface area contributed by atoms with E-state index in [9.17, 15) is 18.4 Å². The van der Waals surface area contributed by atoms with Gasteiger partial charge in [-0.05, 0) is 30.4 Å². The van der Waals surface area contributed by atoms with Crippen LogP contribution in [0, 0.1) is 27.9 Å². The van der Waals surface area contributed by atoms with E-state index in [1.165, 1.54) is 6.07 Å². The fourth-order valence-electron chi connectivity index (χ4n) is 4.27. The van der Waals surface area contributed by atoms with Gasteiger partial charge in [-0.3, -0.25) is 9.59 Å². The zero-order valence-electron chi connectivity index (χ0n) is 13.2. The van der Waals surface area contributed by atoms with Gasteiger partial charge in [-0.1, -0.05) is 36.7 Å². The van der Waals surface area contributed by atoms with E-state index < -0.39 is 32.7 Å². The molecule has 0 spiro atoms. The molecule has 0 aromatic heterocycles. The van der Waals surface area contributed by atoms with Crippen LogP contribution in [0.5, 0.6) is 0 Å². The third kappa shape index (κ3) is 1.84. The largest absolute Gasteiger partial charge is 0.325 e. The van der Waals surface area contributed by atoms with Gasteiger partial charge in [-0.2, -0.15) is 0 Å². The number of carbonyl (C=O) groups is 2. The summed E-state index contributed by atoms with van der Waals surface area (Å²) >= 11 is 3.42. The molecule has 3 nitrogen and oxygen atoms in total. The van der Waals surface area contributed by atoms with Crippen molar-refractivity contribution in [2.75, 3.05) is 5.32 Å². The number of amides is 1. The smallest absolute Gasteiger partial charge is 0.232 e. The van der Waals surface area contributed by atoms with E-state index in [1.807, 2.05) is 20.8 Å². The highest BCUT2D eigenvalue weighted by molar-refractivity contribution is 9.10. The van der Waals surface area contributed by atoms with Crippen LogP contribution in [0.3, 0.4) is 0 Å². The Bertz CT molecular complexity index is 721. The third-order valence-corrected chi connectivity index (χ3v) is 7.50. The minimum absolute atomic E-state index is 0.0363. The Labute approximate surface area is 142 Å². The molecular weight excluding hydrogens is 368 g/mol. The lowest BCUT2D eigenvalue weighted by Gasteiger charge is -2.39. The van der Waals surface area contributed by atoms with Crippen molar-refractivity contribution >= 4 is 33.3 Å². The summed E-state index contributed by atoms with van der Waals surface area (Å²) in [6.07, 6.45) is 1.22. The van der Waals surface area contributed by atoms with E-state index in [-0.39, 0.29) is 17.4 Å². The lowest BCUT2D eigenvalue weighted by Crippen LogP contribution is -2.48. The Kier molecular flexibility index (Phi) is 3.49. The molecular formula is C17H18BrF2NO2. The maximum Gasteiger partial charge on any atom is 0.232 e. The number of carbonyl (C=O) groups excluding carboxylic acids is 2. The molecule has 1 N–H and O–H groups in total. The topological polar surface area (TPSA) is 46.2 Å². The second-order valence-electron chi connectivity index (χ2n) is 7.24. The number of rotatable bonds is 2. The molecule has 0 radical (unpaired) electrons. The van der Waals surface area contributed by atoms with E-state index in [4.69, 9.17) is 0 Å². The maximum atomic E-state index is 13.4. The van der Waals surface area contributed by atoms with E-state index in [0.717, 1.165) is 12.1 Å². The number of hydrogen-bond acceptors (Lipinski definition) is 2. The number of hydrogen-bond donors (Lipinski definition) is 1. The zero-order chi connectivity index (χ0) is 17.2. The monoisotopic (exact) mass is 385 g/mol. The second kappa shape index (κ2) is 4.85. The van der Waals surface area contributed by atoms with Crippen molar-refractivity contribution in [2.45, 2.75) is 38.4 Å². The Morgan fingerprint density at radius 2 is 1.87 bits per heavy atom. The average Bonchev–Trinajstić information content (AvgIpc) is 2.75. The zero-order valence-corrected chi connectivity index (χ0v) is 14.8. The number of halogens is 3. The van der Waals surface area contributed by atoms with Crippen LogP contribution in [-0.2, 0) is 9.59 Å². The van der Waals surface area contributed by atoms with Crippen molar-refractivity contribution in [3.05, 3.63) is 29.8 Å². The first-order chi connectivity index (χ1) is 10.6. The first-order valence-electron chi connectivity index (χ1n) is 7.53. The molecule has 1 amide bonds. The number of ketones is 1. The van der Waals surface area contributed by atoms with Crippen molar-refractivity contribution in [2.24, 2.45) is 16.2 Å². The summed E-state index contributed by atoms with van der Waals surface area (Å²) in [5.41, 5.74) is -1.81. The summed E-state index contributed by atoms with van der Waals surface area (Å²) < 4.78 is 26.4. The molecule has 124 valence electrons. The number of anilines is 1. The third-order valence-electron chi connectivity index (χ3n) is 6.30. The van der Waals surface area contributed by atoms with E-state index in [2.05, 4.69) is 21.2 Å². The molecule has 2 aliphatic rings. The Morgan fingerprint density at radius 1 is 1.22 bits per heavy atom. The lowest BCUT2D eigenvalue weighted by atomic mass is 9.64. The van der Waals surface area contributed by atoms with Gasteiger partial charge in [0.2, 0.25) is 5.91 Å². The molecule has 0 heterocycles. The van der Waals surface area contributed by atoms with Crippen LogP contribution < -0.4 is 5.32 Å². The Morgan fingerprint density at radius 3 is 2.39 bits per heavy atom. The van der Waals surface area contributed by atoms with Gasteiger partial charge in [0.1, 0.15) is 0 Å². The van der Waals surface area contributed by atoms with Crippen LogP contribution >= 0.6 is 15.9 Å². The highest BCUT2D eigenvalue weighted by Gasteiger charge is 2.76. The quantitative estimate of drug-likeness (QED) is 0.780. The van der Waals surface area contributed by atoms with Gasteiger partial charge in [-0.15, -0.1) is 0 Å². The molecule has 1 aromatic carbocycles. The fraction of sp³-hybridized carbons (Fsp3) is 0.529. The molecule has 0 aliphatic heterocycles. The van der Waals surface area contributed by atoms with Gasteiger partial charge >= 0.3 is 0 Å². The minimum atomic E-state index is -1.02. The van der Waals surface area contributed by atoms with Crippen LogP contribution in [0.25, 0.3) is 0 Å². The minimum Gasteiger partial charge on any atom is -0.325 e. The first kappa shape index (κ1) is 16.6. The van der Waals surface area contributed by atoms with Crippen molar-refractivity contribution < 1.29 is 18.4 Å². The maximum absolute atomic E-state index is 13.4. The molecule has 23 heavy (non-hydrogen) atoms. The Balaban J connectivity index is 1.98. The van der Waals surface area contributed by atoms with Gasteiger partial charge in [0.05, 0.1) is 10.2 Å². The van der Waals surface area contributed by atoms with E-state index >= 15 is 0 Å². The summed E-state index contributed by atoms with van der Waals surface area (Å²) in [4.78, 5) is 25.0. The SMILES string of the molecule is CC12CCC(C(=O)Nc3ccc(F)c(F)c3)(C(Br)C1=O)C2(C)C. The Hall–Kier alpha value is -1.30. The molecule has 3 rings (SSSR count). The van der Waals surface area contributed by atoms with Gasteiger partial charge < -0.3 is 5.32 Å². The van der Waals surface area contributed by atoms with Crippen LogP contribution in [0.2, 0.25) is 0 Å². The van der Waals surface area contributed by atoms with Crippen molar-refractivity contribution in [3.63, 3.8) is 0 Å². The summed E-state index contributed by atoms with van der Waals surface area (Å²) in [5.74, 6) is -2.28. The van der Waals surface area contributed by atoms with Gasteiger partial charge in [-0.25, -0.2) is 8.78 Å². The van der Waals surface area contributed by atoms with Gasteiger partial charge in [0.25, 0.3) is 0 Å². The van der Waals surface area contributed by atoms with Gasteiger partial charge in [0.15, 0.2) is 17.4 Å². The van der Waals surface area contributed by atoms with E-state index in [1.54, 1.807) is 0 Å². The normalized spacial score (nSPS) is 34.7. The van der Waals surface area contributed by atoms with Gasteiger partial charge in [0, 0.05) is 17.2 Å². The average molecular weight is 386 g/mol. The molecule has 2 aliphatic carbocycles. The fourth-order valence-corrected chi connectivity index (χ4v) is 5.79. The summed E-state index contributed by atoms with van der Waals surface area (Å²) in [5, 5.41) is 2.67. The van der Waals surface area contributed by atoms with Crippen LogP contribution in [0.1, 0.15) is 33.6 Å². The first-order valence-corrected chi connectivity index (χ1v) is 8.44. The van der Waals surface area contributed by atoms with Crippen molar-refractivity contribution in [1.29, 1.82) is 0 Å². The van der Waals surface area contributed by atoms with E-state index in [0.29, 0.717) is 12.8 Å². The number of nitrogens with one attached hydrogen (secondary N) is 1. The number of benzene rings is 1. The molecule has 2 saturated carbocycles. The number of fused-ring (bicyclic) bond motifs is 2. The van der Waals surface area contributed by atoms with Crippen LogP contribution in [-0.4, -0.2) is 16.5 Å². The molecule has 3 atom stereocenters. The van der Waals surface area contributed by atoms with Crippen molar-refractivity contribution in [3.8, 4) is 0 Å². The number of Topliss-reactive ketones (excluding diaryl/α,β-unsaturated/α-hetero) is 1. The molecule has 2 fully saturated rings. The lowest BCUT2D eigenvalue weighted by molar-refractivity contribution is -0.130. The molecule has 3 unspecified atom stereocenters. The predicted molar refractivity (Wildman–Crippen MR) is 86.3 cm³/mol. The molecule has 2 bridgehead atoms. The standard InChI is InChI=1S/C17H18BrF2NO2/c1-15(2)16(3)6-7-17(15,12(18)13(16)22)14(23)21-9-4-5-10(19)11(20)8-9/h4-5,8,12H,6-7H2,1-3H3,(H,21,23). The summed E-state index contributed by atoms with van der Waals surface area (Å²) in [6, 6.07) is 3.23. The molecule has 0 saturated heterocycles. The number of alkyl halides is 1. The van der Waals surface area contributed by atoms with Crippen LogP contribution in [0.15, 0.2) is 18.2 Å². The second-order valence-corrected chi connectivity index (χ2v) is 8.15. The summed E-state index contributed by atoms with van der Waals surface area (Å²) in [7, 11) is 0. The highest BCUT2D eigenvalue weighted by Crippen LogP contribution is 2.72. The van der Waals surface area contributed by atoms with Crippen LogP contribution in [0.4, 0.5) is 14.5 Å².